The van der Waals surface area contributed by atoms with Crippen LogP contribution in [0.1, 0.15) is 24.8 Å². The summed E-state index contributed by atoms with van der Waals surface area (Å²) in [7, 11) is 0. The Hall–Kier alpha value is -1.63. The molecule has 4 nitrogen and oxygen atoms in total. The lowest BCUT2D eigenvalue weighted by molar-refractivity contribution is -0.149. The van der Waals surface area contributed by atoms with Gasteiger partial charge in [-0.15, -0.1) is 0 Å². The lowest BCUT2D eigenvalue weighted by Crippen LogP contribution is -2.33. The van der Waals surface area contributed by atoms with E-state index < -0.39 is 24.9 Å². The van der Waals surface area contributed by atoms with Crippen molar-refractivity contribution < 1.29 is 18.0 Å². The maximum absolute atomic E-state index is 12.2. The van der Waals surface area contributed by atoms with Gasteiger partial charge in [0.25, 0.3) is 0 Å². The van der Waals surface area contributed by atoms with Crippen molar-refractivity contribution in [3.8, 4) is 0 Å². The van der Waals surface area contributed by atoms with Crippen LogP contribution in [0.3, 0.4) is 0 Å². The van der Waals surface area contributed by atoms with Crippen LogP contribution in [0.4, 0.5) is 13.2 Å². The molecule has 0 bridgehead atoms. The Balaban J connectivity index is 2.61. The first-order valence-corrected chi connectivity index (χ1v) is 6.36. The van der Waals surface area contributed by atoms with Crippen LogP contribution in [0.25, 0.3) is 0 Å². The van der Waals surface area contributed by atoms with Crippen LogP contribution in [-0.4, -0.2) is 35.1 Å². The van der Waals surface area contributed by atoms with Crippen molar-refractivity contribution in [3.05, 3.63) is 30.1 Å². The highest BCUT2D eigenvalue weighted by Crippen LogP contribution is 2.22. The molecule has 0 saturated carbocycles. The lowest BCUT2D eigenvalue weighted by atomic mass is 10.2. The molecule has 0 aromatic carbocycles. The van der Waals surface area contributed by atoms with E-state index in [2.05, 4.69) is 4.98 Å². The zero-order chi connectivity index (χ0) is 15.0. The number of alkyl halides is 3. The number of carbonyl (C=O) groups is 1. The topological polar surface area (TPSA) is 59.2 Å². The molecule has 0 saturated heterocycles. The third-order valence-electron chi connectivity index (χ3n) is 2.70. The first-order valence-electron chi connectivity index (χ1n) is 6.36. The quantitative estimate of drug-likeness (QED) is 0.836. The zero-order valence-corrected chi connectivity index (χ0v) is 11.1. The van der Waals surface area contributed by atoms with Gasteiger partial charge in [0.05, 0.1) is 6.42 Å². The predicted molar refractivity (Wildman–Crippen MR) is 68.6 cm³/mol. The summed E-state index contributed by atoms with van der Waals surface area (Å²) in [6, 6.07) is 3.50. The summed E-state index contributed by atoms with van der Waals surface area (Å²) >= 11 is 0. The van der Waals surface area contributed by atoms with E-state index in [4.69, 9.17) is 5.73 Å². The molecule has 7 heteroatoms. The number of hydrogen-bond acceptors (Lipinski definition) is 3. The molecular formula is C13H18F3N3O. The fraction of sp³-hybridized carbons (Fsp3) is 0.538. The van der Waals surface area contributed by atoms with Gasteiger partial charge in [-0.25, -0.2) is 0 Å². The molecule has 0 unspecified atom stereocenters. The Kier molecular flexibility index (Phi) is 6.44. The van der Waals surface area contributed by atoms with Gasteiger partial charge >= 0.3 is 6.18 Å². The van der Waals surface area contributed by atoms with Crippen LogP contribution in [0, 0.1) is 0 Å². The predicted octanol–water partition coefficient (Wildman–Crippen LogP) is 2.10. The summed E-state index contributed by atoms with van der Waals surface area (Å²) in [5.74, 6) is -0.514. The highest BCUT2D eigenvalue weighted by atomic mass is 19.4. The van der Waals surface area contributed by atoms with Crippen molar-refractivity contribution in [1.82, 2.24) is 9.88 Å². The first kappa shape index (κ1) is 16.4. The molecule has 1 amide bonds. The van der Waals surface area contributed by atoms with Crippen LogP contribution in [0.2, 0.25) is 0 Å². The second-order valence-electron chi connectivity index (χ2n) is 4.43. The summed E-state index contributed by atoms with van der Waals surface area (Å²) in [6.45, 7) is 0.989. The van der Waals surface area contributed by atoms with Gasteiger partial charge in [-0.1, -0.05) is 6.07 Å². The number of pyridine rings is 1. The Morgan fingerprint density at radius 2 is 2.15 bits per heavy atom. The Labute approximate surface area is 115 Å². The van der Waals surface area contributed by atoms with E-state index in [1.807, 2.05) is 0 Å². The van der Waals surface area contributed by atoms with Gasteiger partial charge in [0.2, 0.25) is 5.91 Å². The fourth-order valence-corrected chi connectivity index (χ4v) is 1.69. The third-order valence-corrected chi connectivity index (χ3v) is 2.70. The van der Waals surface area contributed by atoms with Crippen LogP contribution in [0.15, 0.2) is 24.5 Å². The zero-order valence-electron chi connectivity index (χ0n) is 11.1. The van der Waals surface area contributed by atoms with Crippen molar-refractivity contribution in [2.24, 2.45) is 5.73 Å². The minimum absolute atomic E-state index is 0.254. The largest absolute Gasteiger partial charge is 0.389 e. The van der Waals surface area contributed by atoms with Gasteiger partial charge in [-0.05, 0) is 24.6 Å². The average molecular weight is 289 g/mol. The van der Waals surface area contributed by atoms with Crippen LogP contribution >= 0.6 is 0 Å². The summed E-state index contributed by atoms with van der Waals surface area (Å²) in [4.78, 5) is 17.2. The SMILES string of the molecule is NCCCN(Cc1cccnc1)C(=O)CCC(F)(F)F. The second kappa shape index (κ2) is 7.84. The number of carbonyl (C=O) groups excluding carboxylic acids is 1. The molecule has 0 aliphatic rings. The molecule has 0 atom stereocenters. The number of halogens is 3. The van der Waals surface area contributed by atoms with Gasteiger partial charge in [0, 0.05) is 31.9 Å². The lowest BCUT2D eigenvalue weighted by Gasteiger charge is -2.23. The molecule has 1 rings (SSSR count). The summed E-state index contributed by atoms with van der Waals surface area (Å²) in [6.07, 6.45) is -2.21. The monoisotopic (exact) mass is 289 g/mol. The van der Waals surface area contributed by atoms with Crippen LogP contribution in [0.5, 0.6) is 0 Å². The Morgan fingerprint density at radius 3 is 2.70 bits per heavy atom. The highest BCUT2D eigenvalue weighted by molar-refractivity contribution is 5.76. The minimum atomic E-state index is -4.32. The molecule has 0 fully saturated rings. The maximum Gasteiger partial charge on any atom is 0.389 e. The molecule has 1 aromatic heterocycles. The van der Waals surface area contributed by atoms with Crippen molar-refractivity contribution in [2.45, 2.75) is 32.0 Å². The van der Waals surface area contributed by atoms with E-state index in [0.717, 1.165) is 5.56 Å². The molecule has 112 valence electrons. The molecule has 0 aliphatic heterocycles. The maximum atomic E-state index is 12.2. The van der Waals surface area contributed by atoms with Crippen LogP contribution in [-0.2, 0) is 11.3 Å². The molecule has 1 aromatic rings. The standard InChI is InChI=1S/C13H18F3N3O/c14-13(15,16)5-4-12(20)19(8-2-6-17)10-11-3-1-7-18-9-11/h1,3,7,9H,2,4-6,8,10,17H2. The van der Waals surface area contributed by atoms with E-state index >= 15 is 0 Å². The molecule has 1 heterocycles. The fourth-order valence-electron chi connectivity index (χ4n) is 1.69. The van der Waals surface area contributed by atoms with Crippen molar-refractivity contribution in [1.29, 1.82) is 0 Å². The third kappa shape index (κ3) is 6.51. The molecule has 20 heavy (non-hydrogen) atoms. The van der Waals surface area contributed by atoms with Gasteiger partial charge in [0.1, 0.15) is 0 Å². The minimum Gasteiger partial charge on any atom is -0.338 e. The smallest absolute Gasteiger partial charge is 0.338 e. The number of nitrogens with zero attached hydrogens (tertiary/aromatic N) is 2. The van der Waals surface area contributed by atoms with Gasteiger partial charge in [-0.2, -0.15) is 13.2 Å². The van der Waals surface area contributed by atoms with Gasteiger partial charge in [-0.3, -0.25) is 9.78 Å². The molecule has 2 N–H and O–H groups in total. The van der Waals surface area contributed by atoms with E-state index in [-0.39, 0.29) is 6.54 Å². The van der Waals surface area contributed by atoms with E-state index in [1.165, 1.54) is 4.90 Å². The molecular weight excluding hydrogens is 271 g/mol. The van der Waals surface area contributed by atoms with Crippen molar-refractivity contribution in [2.75, 3.05) is 13.1 Å². The highest BCUT2D eigenvalue weighted by Gasteiger charge is 2.29. The number of rotatable bonds is 7. The average Bonchev–Trinajstić information content (AvgIpc) is 2.41. The second-order valence-corrected chi connectivity index (χ2v) is 4.43. The number of hydrogen-bond donors (Lipinski definition) is 1. The first-order chi connectivity index (χ1) is 9.42. The van der Waals surface area contributed by atoms with Crippen molar-refractivity contribution in [3.63, 3.8) is 0 Å². The van der Waals surface area contributed by atoms with Crippen molar-refractivity contribution >= 4 is 5.91 Å². The molecule has 0 aliphatic carbocycles. The number of amides is 1. The van der Waals surface area contributed by atoms with E-state index in [9.17, 15) is 18.0 Å². The Morgan fingerprint density at radius 1 is 1.40 bits per heavy atom. The summed E-state index contributed by atoms with van der Waals surface area (Å²) in [5.41, 5.74) is 6.17. The normalized spacial score (nSPS) is 11.4. The number of aromatic nitrogens is 1. The summed E-state index contributed by atoms with van der Waals surface area (Å²) in [5, 5.41) is 0. The van der Waals surface area contributed by atoms with E-state index in [0.29, 0.717) is 19.5 Å². The van der Waals surface area contributed by atoms with Crippen LogP contribution < -0.4 is 5.73 Å². The van der Waals surface area contributed by atoms with E-state index in [1.54, 1.807) is 24.5 Å². The number of nitrogens with two attached hydrogens (primary N) is 1. The van der Waals surface area contributed by atoms with Gasteiger partial charge in [0.15, 0.2) is 0 Å². The Bertz CT molecular complexity index is 409. The van der Waals surface area contributed by atoms with Gasteiger partial charge < -0.3 is 10.6 Å². The molecule has 0 spiro atoms. The molecule has 0 radical (unpaired) electrons. The summed E-state index contributed by atoms with van der Waals surface area (Å²) < 4.78 is 36.5.